The van der Waals surface area contributed by atoms with Gasteiger partial charge in [-0.25, -0.2) is 0 Å². The van der Waals surface area contributed by atoms with Gasteiger partial charge in [0.25, 0.3) is 0 Å². The van der Waals surface area contributed by atoms with Gasteiger partial charge in [-0.3, -0.25) is 14.5 Å². The summed E-state index contributed by atoms with van der Waals surface area (Å²) in [6.45, 7) is 2.26. The second-order valence-corrected chi connectivity index (χ2v) is 8.37. The maximum Gasteiger partial charge on any atom is 0.320 e. The van der Waals surface area contributed by atoms with E-state index in [1.165, 1.54) is 0 Å². The lowest BCUT2D eigenvalue weighted by Crippen LogP contribution is -2.43. The molecule has 4 aliphatic heterocycles. The van der Waals surface area contributed by atoms with Gasteiger partial charge in [-0.15, -0.1) is 11.8 Å². The normalized spacial score (nSPS) is 42.8. The predicted molar refractivity (Wildman–Crippen MR) is 76.8 cm³/mol. The maximum atomic E-state index is 12.1. The standard InChI is InChI=1S/C13H17NO4S2/c15-9(6-14-1-3-19-4-2-14)17-10-8-5-7-12(20-8)11(10)18-13(7)16/h7-8,10-12H,1-6H2. The summed E-state index contributed by atoms with van der Waals surface area (Å²) in [5, 5.41) is 0.471. The number of nitrogens with zero attached hydrogens (tertiary/aromatic N) is 1. The van der Waals surface area contributed by atoms with Gasteiger partial charge in [-0.2, -0.15) is 11.8 Å². The van der Waals surface area contributed by atoms with Gasteiger partial charge < -0.3 is 9.47 Å². The molecule has 20 heavy (non-hydrogen) atoms. The molecule has 5 atom stereocenters. The molecule has 0 amide bonds. The van der Waals surface area contributed by atoms with Gasteiger partial charge in [0.1, 0.15) is 0 Å². The zero-order valence-corrected chi connectivity index (χ0v) is 12.7. The second kappa shape index (κ2) is 5.10. The lowest BCUT2D eigenvalue weighted by Gasteiger charge is -2.28. The molecule has 0 aromatic heterocycles. The van der Waals surface area contributed by atoms with E-state index in [0.29, 0.717) is 6.54 Å². The highest BCUT2D eigenvalue weighted by atomic mass is 32.2. The third-order valence-corrected chi connectivity index (χ3v) is 7.17. The average Bonchev–Trinajstić information content (AvgIpc) is 3.04. The van der Waals surface area contributed by atoms with Crippen LogP contribution in [0, 0.1) is 5.92 Å². The molecular weight excluding hydrogens is 298 g/mol. The highest BCUT2D eigenvalue weighted by Crippen LogP contribution is 2.55. The molecular formula is C13H17NO4S2. The van der Waals surface area contributed by atoms with E-state index in [4.69, 9.17) is 9.47 Å². The number of rotatable bonds is 3. The molecule has 4 saturated heterocycles. The van der Waals surface area contributed by atoms with Crippen molar-refractivity contribution in [3.05, 3.63) is 0 Å². The maximum absolute atomic E-state index is 12.1. The molecule has 4 rings (SSSR count). The minimum absolute atomic E-state index is 0.0454. The zero-order chi connectivity index (χ0) is 13.7. The Morgan fingerprint density at radius 1 is 1.40 bits per heavy atom. The molecule has 5 unspecified atom stereocenters. The third kappa shape index (κ3) is 2.14. The summed E-state index contributed by atoms with van der Waals surface area (Å²) in [4.78, 5) is 25.9. The monoisotopic (exact) mass is 315 g/mol. The molecule has 0 aromatic carbocycles. The lowest BCUT2D eigenvalue weighted by atomic mass is 9.88. The Morgan fingerprint density at radius 2 is 2.20 bits per heavy atom. The average molecular weight is 315 g/mol. The SMILES string of the molecule is O=C(CN1CCSCC1)OC1C2CC3C(=O)OC1C3S2. The van der Waals surface area contributed by atoms with E-state index in [1.807, 2.05) is 11.8 Å². The first-order valence-corrected chi connectivity index (χ1v) is 9.17. The van der Waals surface area contributed by atoms with Crippen LogP contribution in [0.5, 0.6) is 0 Å². The smallest absolute Gasteiger partial charge is 0.320 e. The zero-order valence-electron chi connectivity index (χ0n) is 11.0. The van der Waals surface area contributed by atoms with Crippen molar-refractivity contribution in [1.29, 1.82) is 0 Å². The van der Waals surface area contributed by atoms with Crippen molar-refractivity contribution in [2.45, 2.75) is 29.1 Å². The number of esters is 2. The fraction of sp³-hybridized carbons (Fsp3) is 0.846. The topological polar surface area (TPSA) is 55.8 Å². The molecule has 0 aliphatic carbocycles. The van der Waals surface area contributed by atoms with Crippen LogP contribution in [0.25, 0.3) is 0 Å². The van der Waals surface area contributed by atoms with Crippen LogP contribution in [-0.2, 0) is 19.1 Å². The van der Waals surface area contributed by atoms with Gasteiger partial charge in [-0.1, -0.05) is 0 Å². The van der Waals surface area contributed by atoms with Crippen LogP contribution >= 0.6 is 23.5 Å². The molecule has 0 N–H and O–H groups in total. The predicted octanol–water partition coefficient (Wildman–Crippen LogP) is 0.376. The van der Waals surface area contributed by atoms with Crippen LogP contribution < -0.4 is 0 Å². The first kappa shape index (κ1) is 13.3. The number of fused-ring (bicyclic) bond motifs is 1. The molecule has 2 bridgehead atoms. The number of hydrogen-bond acceptors (Lipinski definition) is 7. The summed E-state index contributed by atoms with van der Waals surface area (Å²) >= 11 is 3.69. The van der Waals surface area contributed by atoms with Crippen molar-refractivity contribution >= 4 is 35.5 Å². The molecule has 4 fully saturated rings. The van der Waals surface area contributed by atoms with Crippen LogP contribution in [0.1, 0.15) is 6.42 Å². The summed E-state index contributed by atoms with van der Waals surface area (Å²) < 4.78 is 11.0. The van der Waals surface area contributed by atoms with Gasteiger partial charge in [0.15, 0.2) is 12.2 Å². The van der Waals surface area contributed by atoms with Gasteiger partial charge in [0.2, 0.25) is 0 Å². The molecule has 7 heteroatoms. The quantitative estimate of drug-likeness (QED) is 0.698. The van der Waals surface area contributed by atoms with Crippen LogP contribution in [0.2, 0.25) is 0 Å². The Bertz CT molecular complexity index is 440. The Balaban J connectivity index is 1.35. The van der Waals surface area contributed by atoms with Crippen molar-refractivity contribution in [2.24, 2.45) is 5.92 Å². The molecule has 0 radical (unpaired) electrons. The van der Waals surface area contributed by atoms with Crippen LogP contribution in [0.4, 0.5) is 0 Å². The fourth-order valence-electron chi connectivity index (χ4n) is 3.51. The second-order valence-electron chi connectivity index (χ2n) is 5.73. The van der Waals surface area contributed by atoms with Crippen molar-refractivity contribution in [3.8, 4) is 0 Å². The minimum atomic E-state index is -0.223. The van der Waals surface area contributed by atoms with Crippen molar-refractivity contribution in [1.82, 2.24) is 4.90 Å². The molecule has 5 nitrogen and oxygen atoms in total. The summed E-state index contributed by atoms with van der Waals surface area (Å²) in [7, 11) is 0. The first-order chi connectivity index (χ1) is 9.72. The summed E-state index contributed by atoms with van der Waals surface area (Å²) in [5.74, 6) is 1.94. The first-order valence-electron chi connectivity index (χ1n) is 7.08. The highest BCUT2D eigenvalue weighted by Gasteiger charge is 2.64. The van der Waals surface area contributed by atoms with Crippen molar-refractivity contribution < 1.29 is 19.1 Å². The Kier molecular flexibility index (Phi) is 3.39. The molecule has 4 heterocycles. The third-order valence-electron chi connectivity index (χ3n) is 4.51. The molecule has 0 spiro atoms. The number of carbonyl (C=O) groups excluding carboxylic acids is 2. The van der Waals surface area contributed by atoms with Gasteiger partial charge in [-0.05, 0) is 6.42 Å². The molecule has 110 valence electrons. The minimum Gasteiger partial charge on any atom is -0.457 e. The highest BCUT2D eigenvalue weighted by molar-refractivity contribution is 8.01. The molecule has 0 saturated carbocycles. The van der Waals surface area contributed by atoms with Crippen LogP contribution in [-0.4, -0.2) is 70.7 Å². The number of carbonyl (C=O) groups is 2. The Labute approximate surface area is 126 Å². The summed E-state index contributed by atoms with van der Waals surface area (Å²) in [5.41, 5.74) is 0. The van der Waals surface area contributed by atoms with E-state index >= 15 is 0 Å². The molecule has 0 aromatic rings. The van der Waals surface area contributed by atoms with E-state index in [9.17, 15) is 9.59 Å². The van der Waals surface area contributed by atoms with Gasteiger partial charge >= 0.3 is 11.9 Å². The van der Waals surface area contributed by atoms with Crippen LogP contribution in [0.3, 0.4) is 0 Å². The Morgan fingerprint density at radius 3 is 3.00 bits per heavy atom. The van der Waals surface area contributed by atoms with Crippen molar-refractivity contribution in [3.63, 3.8) is 0 Å². The largest absolute Gasteiger partial charge is 0.457 e. The van der Waals surface area contributed by atoms with Gasteiger partial charge in [0, 0.05) is 29.8 Å². The van der Waals surface area contributed by atoms with E-state index in [2.05, 4.69) is 4.90 Å². The Hall–Kier alpha value is -0.400. The fourth-order valence-corrected chi connectivity index (χ4v) is 6.36. The van der Waals surface area contributed by atoms with Crippen molar-refractivity contribution in [2.75, 3.05) is 31.1 Å². The van der Waals surface area contributed by atoms with Gasteiger partial charge in [0.05, 0.1) is 17.7 Å². The van der Waals surface area contributed by atoms with E-state index in [0.717, 1.165) is 31.0 Å². The van der Waals surface area contributed by atoms with E-state index < -0.39 is 0 Å². The summed E-state index contributed by atoms with van der Waals surface area (Å²) in [6.07, 6.45) is 0.389. The van der Waals surface area contributed by atoms with Crippen LogP contribution in [0.15, 0.2) is 0 Å². The number of ether oxygens (including phenoxy) is 2. The number of hydrogen-bond donors (Lipinski definition) is 0. The summed E-state index contributed by atoms with van der Waals surface area (Å²) in [6, 6.07) is 0. The lowest BCUT2D eigenvalue weighted by molar-refractivity contribution is -0.160. The number of thioether (sulfide) groups is 2. The van der Waals surface area contributed by atoms with E-state index in [1.54, 1.807) is 11.8 Å². The van der Waals surface area contributed by atoms with E-state index in [-0.39, 0.29) is 40.6 Å². The molecule has 4 aliphatic rings.